The first kappa shape index (κ1) is 15.4. The van der Waals surface area contributed by atoms with E-state index in [-0.39, 0.29) is 11.5 Å². The summed E-state index contributed by atoms with van der Waals surface area (Å²) in [7, 11) is 1.32. The van der Waals surface area contributed by atoms with Crippen molar-refractivity contribution >= 4 is 11.7 Å². The molecule has 0 unspecified atom stereocenters. The van der Waals surface area contributed by atoms with Gasteiger partial charge in [0.2, 0.25) is 5.75 Å². The summed E-state index contributed by atoms with van der Waals surface area (Å²) in [6.07, 6.45) is 0. The number of rotatable bonds is 4. The number of nitro groups is 1. The molecule has 0 aromatic heterocycles. The molecular weight excluding hydrogens is 300 g/mol. The Balaban J connectivity index is 2.34. The zero-order valence-corrected chi connectivity index (χ0v) is 11.2. The summed E-state index contributed by atoms with van der Waals surface area (Å²) >= 11 is 0. The van der Waals surface area contributed by atoms with Crippen molar-refractivity contribution in [2.45, 2.75) is 0 Å². The van der Waals surface area contributed by atoms with Gasteiger partial charge in [0.1, 0.15) is 17.4 Å². The summed E-state index contributed by atoms with van der Waals surface area (Å²) in [4.78, 5) is 22.0. The van der Waals surface area contributed by atoms with Crippen LogP contribution in [0.1, 0.15) is 10.4 Å². The minimum atomic E-state index is -1.18. The minimum Gasteiger partial charge on any atom is -0.496 e. The summed E-state index contributed by atoms with van der Waals surface area (Å²) in [5.74, 6) is -3.34. The predicted octanol–water partition coefficient (Wildman–Crippen LogP) is 3.10. The fourth-order valence-corrected chi connectivity index (χ4v) is 1.66. The Morgan fingerprint density at radius 3 is 2.50 bits per heavy atom. The monoisotopic (exact) mass is 309 g/mol. The van der Waals surface area contributed by atoms with Crippen LogP contribution in [-0.2, 0) is 0 Å². The lowest BCUT2D eigenvalue weighted by Gasteiger charge is -2.07. The third-order valence-electron chi connectivity index (χ3n) is 2.72. The molecule has 2 rings (SSSR count). The smallest absolute Gasteiger partial charge is 0.346 e. The summed E-state index contributed by atoms with van der Waals surface area (Å²) in [5, 5.41) is 11.0. The molecule has 2 aromatic rings. The SMILES string of the molecule is COc1ccc(OC(=O)c2ccc(F)cc2F)c([N+](=O)[O-])c1. The molecule has 8 heteroatoms. The molecule has 0 aliphatic carbocycles. The van der Waals surface area contributed by atoms with Gasteiger partial charge in [-0.15, -0.1) is 0 Å². The number of carbonyl (C=O) groups excluding carboxylic acids is 1. The number of esters is 1. The quantitative estimate of drug-likeness (QED) is 0.375. The van der Waals surface area contributed by atoms with Crippen LogP contribution < -0.4 is 9.47 Å². The Kier molecular flexibility index (Phi) is 4.31. The van der Waals surface area contributed by atoms with Gasteiger partial charge in [0.15, 0.2) is 0 Å². The van der Waals surface area contributed by atoms with Crippen molar-refractivity contribution in [1.29, 1.82) is 0 Å². The first-order chi connectivity index (χ1) is 10.4. The van der Waals surface area contributed by atoms with Crippen molar-refractivity contribution in [2.75, 3.05) is 7.11 Å². The Bertz CT molecular complexity index is 748. The summed E-state index contributed by atoms with van der Waals surface area (Å²) in [6.45, 7) is 0. The Hall–Kier alpha value is -3.03. The van der Waals surface area contributed by atoms with Crippen molar-refractivity contribution in [1.82, 2.24) is 0 Å². The van der Waals surface area contributed by atoms with E-state index in [9.17, 15) is 23.7 Å². The molecule has 0 spiro atoms. The lowest BCUT2D eigenvalue weighted by atomic mass is 10.2. The van der Waals surface area contributed by atoms with Gasteiger partial charge in [0.25, 0.3) is 0 Å². The highest BCUT2D eigenvalue weighted by molar-refractivity contribution is 5.91. The molecule has 0 radical (unpaired) electrons. The highest BCUT2D eigenvalue weighted by Crippen LogP contribution is 2.31. The van der Waals surface area contributed by atoms with E-state index in [1.165, 1.54) is 13.2 Å². The molecule has 114 valence electrons. The van der Waals surface area contributed by atoms with Crippen LogP contribution in [0.5, 0.6) is 11.5 Å². The van der Waals surface area contributed by atoms with Gasteiger partial charge in [0, 0.05) is 6.07 Å². The molecular formula is C14H9F2NO5. The first-order valence-electron chi connectivity index (χ1n) is 5.92. The van der Waals surface area contributed by atoms with Crippen molar-refractivity contribution in [3.05, 3.63) is 63.7 Å². The third kappa shape index (κ3) is 3.17. The molecule has 2 aromatic carbocycles. The van der Waals surface area contributed by atoms with Crippen molar-refractivity contribution in [2.24, 2.45) is 0 Å². The van der Waals surface area contributed by atoms with E-state index in [0.29, 0.717) is 6.07 Å². The lowest BCUT2D eigenvalue weighted by molar-refractivity contribution is -0.385. The average Bonchev–Trinajstić information content (AvgIpc) is 2.47. The number of hydrogen-bond acceptors (Lipinski definition) is 5. The van der Waals surface area contributed by atoms with Gasteiger partial charge in [-0.05, 0) is 24.3 Å². The van der Waals surface area contributed by atoms with Gasteiger partial charge in [-0.1, -0.05) is 0 Å². The second-order valence-corrected chi connectivity index (χ2v) is 4.10. The molecule has 0 N–H and O–H groups in total. The van der Waals surface area contributed by atoms with E-state index in [2.05, 4.69) is 0 Å². The third-order valence-corrected chi connectivity index (χ3v) is 2.72. The summed E-state index contributed by atoms with van der Waals surface area (Å²) in [5.41, 5.74) is -1.05. The van der Waals surface area contributed by atoms with Gasteiger partial charge in [-0.2, -0.15) is 0 Å². The lowest BCUT2D eigenvalue weighted by Crippen LogP contribution is -2.12. The van der Waals surface area contributed by atoms with Gasteiger partial charge in [0.05, 0.1) is 23.7 Å². The molecule has 22 heavy (non-hydrogen) atoms. The standard InChI is InChI=1S/C14H9F2NO5/c1-21-9-3-5-13(12(7-9)17(19)20)22-14(18)10-4-2-8(15)6-11(10)16/h2-7H,1H3. The van der Waals surface area contributed by atoms with Gasteiger partial charge in [-0.25, -0.2) is 13.6 Å². The van der Waals surface area contributed by atoms with Crippen LogP contribution in [0, 0.1) is 21.7 Å². The van der Waals surface area contributed by atoms with Crippen molar-refractivity contribution < 1.29 is 28.0 Å². The van der Waals surface area contributed by atoms with Gasteiger partial charge < -0.3 is 9.47 Å². The fourth-order valence-electron chi connectivity index (χ4n) is 1.66. The second kappa shape index (κ2) is 6.17. The van der Waals surface area contributed by atoms with Crippen LogP contribution in [0.25, 0.3) is 0 Å². The minimum absolute atomic E-state index is 0.194. The zero-order chi connectivity index (χ0) is 16.3. The van der Waals surface area contributed by atoms with Crippen molar-refractivity contribution in [3.63, 3.8) is 0 Å². The number of nitrogens with zero attached hydrogens (tertiary/aromatic N) is 1. The van der Waals surface area contributed by atoms with Crippen LogP contribution >= 0.6 is 0 Å². The second-order valence-electron chi connectivity index (χ2n) is 4.10. The Labute approximate surface area is 123 Å². The number of halogens is 2. The van der Waals surface area contributed by atoms with E-state index in [0.717, 1.165) is 24.3 Å². The normalized spacial score (nSPS) is 10.1. The van der Waals surface area contributed by atoms with Crippen LogP contribution in [0.4, 0.5) is 14.5 Å². The zero-order valence-electron chi connectivity index (χ0n) is 11.2. The Morgan fingerprint density at radius 1 is 1.18 bits per heavy atom. The van der Waals surface area contributed by atoms with E-state index >= 15 is 0 Å². The largest absolute Gasteiger partial charge is 0.496 e. The van der Waals surface area contributed by atoms with Gasteiger partial charge >= 0.3 is 11.7 Å². The van der Waals surface area contributed by atoms with E-state index < -0.39 is 33.8 Å². The highest BCUT2D eigenvalue weighted by Gasteiger charge is 2.22. The fraction of sp³-hybridized carbons (Fsp3) is 0.0714. The molecule has 0 heterocycles. The van der Waals surface area contributed by atoms with E-state index in [4.69, 9.17) is 9.47 Å². The molecule has 0 fully saturated rings. The van der Waals surface area contributed by atoms with E-state index in [1.807, 2.05) is 0 Å². The number of nitro benzene ring substituents is 1. The maximum absolute atomic E-state index is 13.5. The van der Waals surface area contributed by atoms with Crippen LogP contribution in [0.2, 0.25) is 0 Å². The first-order valence-corrected chi connectivity index (χ1v) is 5.92. The maximum atomic E-state index is 13.5. The highest BCUT2D eigenvalue weighted by atomic mass is 19.1. The number of hydrogen-bond donors (Lipinski definition) is 0. The van der Waals surface area contributed by atoms with Crippen LogP contribution in [-0.4, -0.2) is 18.0 Å². The average molecular weight is 309 g/mol. The number of carbonyl (C=O) groups is 1. The molecule has 0 aliphatic rings. The van der Waals surface area contributed by atoms with Gasteiger partial charge in [-0.3, -0.25) is 10.1 Å². The number of methoxy groups -OCH3 is 1. The van der Waals surface area contributed by atoms with Crippen LogP contribution in [0.3, 0.4) is 0 Å². The number of ether oxygens (including phenoxy) is 2. The Morgan fingerprint density at radius 2 is 1.91 bits per heavy atom. The summed E-state index contributed by atoms with van der Waals surface area (Å²) in [6, 6.07) is 5.83. The molecule has 0 aliphatic heterocycles. The predicted molar refractivity (Wildman–Crippen MR) is 71.0 cm³/mol. The van der Waals surface area contributed by atoms with Crippen LogP contribution in [0.15, 0.2) is 36.4 Å². The molecule has 0 bridgehead atoms. The van der Waals surface area contributed by atoms with Crippen molar-refractivity contribution in [3.8, 4) is 11.5 Å². The topological polar surface area (TPSA) is 78.7 Å². The molecule has 0 saturated carbocycles. The summed E-state index contributed by atoms with van der Waals surface area (Å²) < 4.78 is 35.9. The molecule has 6 nitrogen and oxygen atoms in total. The van der Waals surface area contributed by atoms with E-state index in [1.54, 1.807) is 0 Å². The maximum Gasteiger partial charge on any atom is 0.346 e. The molecule has 0 amide bonds. The molecule has 0 atom stereocenters. The molecule has 0 saturated heterocycles. The number of benzene rings is 2.